The molecule has 0 amide bonds. The normalized spacial score (nSPS) is 11.6. The summed E-state index contributed by atoms with van der Waals surface area (Å²) in [7, 11) is 3.71. The molecule has 0 aliphatic heterocycles. The summed E-state index contributed by atoms with van der Waals surface area (Å²) in [4.78, 5) is 0. The Morgan fingerprint density at radius 3 is 2.31 bits per heavy atom. The van der Waals surface area contributed by atoms with E-state index in [9.17, 15) is 0 Å². The number of benzene rings is 1. The molecule has 0 unspecified atom stereocenters. The minimum Gasteiger partial charge on any atom is -0.496 e. The van der Waals surface area contributed by atoms with Crippen LogP contribution in [0.15, 0.2) is 12.1 Å². The smallest absolute Gasteiger partial charge is 0.125 e. The van der Waals surface area contributed by atoms with Crippen LogP contribution in [0.5, 0.6) is 5.75 Å². The molecule has 2 heteroatoms. The highest BCUT2D eigenvalue weighted by Gasteiger charge is 2.20. The molecule has 0 bridgehead atoms. The van der Waals surface area contributed by atoms with Crippen LogP contribution >= 0.6 is 0 Å². The first-order chi connectivity index (χ1) is 7.40. The van der Waals surface area contributed by atoms with E-state index in [1.165, 1.54) is 16.7 Å². The van der Waals surface area contributed by atoms with Gasteiger partial charge in [0.05, 0.1) is 7.11 Å². The molecule has 0 aliphatic rings. The Bertz CT molecular complexity index is 364. The van der Waals surface area contributed by atoms with Crippen molar-refractivity contribution in [2.24, 2.45) is 0 Å². The van der Waals surface area contributed by atoms with Gasteiger partial charge in [0.2, 0.25) is 0 Å². The molecular formula is C14H23NO. The molecule has 1 aromatic carbocycles. The highest BCUT2D eigenvalue weighted by atomic mass is 16.5. The average Bonchev–Trinajstić information content (AvgIpc) is 2.16. The van der Waals surface area contributed by atoms with Crippen molar-refractivity contribution in [2.75, 3.05) is 14.2 Å². The number of hydrogen-bond acceptors (Lipinski definition) is 2. The predicted octanol–water partition coefficient (Wildman–Crippen LogP) is 3.02. The highest BCUT2D eigenvalue weighted by molar-refractivity contribution is 5.47. The molecule has 0 aliphatic carbocycles. The van der Waals surface area contributed by atoms with Gasteiger partial charge >= 0.3 is 0 Å². The van der Waals surface area contributed by atoms with E-state index in [2.05, 4.69) is 45.1 Å². The second-order valence-corrected chi connectivity index (χ2v) is 5.27. The summed E-state index contributed by atoms with van der Waals surface area (Å²) >= 11 is 0. The second-order valence-electron chi connectivity index (χ2n) is 5.27. The van der Waals surface area contributed by atoms with Crippen LogP contribution in [0, 0.1) is 6.92 Å². The van der Waals surface area contributed by atoms with Gasteiger partial charge in [-0.25, -0.2) is 0 Å². The van der Waals surface area contributed by atoms with Crippen LogP contribution < -0.4 is 10.1 Å². The maximum Gasteiger partial charge on any atom is 0.125 e. The molecule has 0 heterocycles. The minimum absolute atomic E-state index is 0.111. The fourth-order valence-corrected chi connectivity index (χ4v) is 1.98. The molecule has 0 spiro atoms. The SMILES string of the molecule is CNCc1cc(C)c(OC)c(C(C)(C)C)c1. The van der Waals surface area contributed by atoms with Gasteiger partial charge in [0.15, 0.2) is 0 Å². The first-order valence-corrected chi connectivity index (χ1v) is 5.72. The van der Waals surface area contributed by atoms with Crippen LogP contribution in [-0.4, -0.2) is 14.2 Å². The third-order valence-electron chi connectivity index (χ3n) is 2.73. The van der Waals surface area contributed by atoms with E-state index in [4.69, 9.17) is 4.74 Å². The minimum atomic E-state index is 0.111. The van der Waals surface area contributed by atoms with E-state index in [0.717, 1.165) is 12.3 Å². The van der Waals surface area contributed by atoms with E-state index in [0.29, 0.717) is 0 Å². The Labute approximate surface area is 99.0 Å². The standard InChI is InChI=1S/C14H23NO/c1-10-7-11(9-15-5)8-12(13(10)16-6)14(2,3)4/h7-8,15H,9H2,1-6H3. The largest absolute Gasteiger partial charge is 0.496 e. The number of nitrogens with one attached hydrogen (secondary N) is 1. The van der Waals surface area contributed by atoms with Crippen molar-refractivity contribution in [1.82, 2.24) is 5.32 Å². The lowest BCUT2D eigenvalue weighted by atomic mass is 9.84. The molecule has 1 aromatic rings. The molecule has 0 fully saturated rings. The third-order valence-corrected chi connectivity index (χ3v) is 2.73. The fourth-order valence-electron chi connectivity index (χ4n) is 1.98. The van der Waals surface area contributed by atoms with Crippen molar-refractivity contribution in [1.29, 1.82) is 0 Å². The highest BCUT2D eigenvalue weighted by Crippen LogP contribution is 2.34. The average molecular weight is 221 g/mol. The molecule has 0 saturated heterocycles. The zero-order valence-electron chi connectivity index (χ0n) is 11.3. The Hall–Kier alpha value is -1.02. The number of aryl methyl sites for hydroxylation is 1. The van der Waals surface area contributed by atoms with Gasteiger partial charge in [0.25, 0.3) is 0 Å². The summed E-state index contributed by atoms with van der Waals surface area (Å²) in [5.74, 6) is 1.02. The Morgan fingerprint density at radius 2 is 1.88 bits per heavy atom. The predicted molar refractivity (Wildman–Crippen MR) is 69.2 cm³/mol. The molecule has 2 nitrogen and oxygen atoms in total. The van der Waals surface area contributed by atoms with Gasteiger partial charge in [-0.1, -0.05) is 32.9 Å². The molecule has 1 rings (SSSR count). The first kappa shape index (κ1) is 13.0. The third kappa shape index (κ3) is 2.76. The molecular weight excluding hydrogens is 198 g/mol. The van der Waals surface area contributed by atoms with E-state index in [1.54, 1.807) is 7.11 Å². The van der Waals surface area contributed by atoms with E-state index < -0.39 is 0 Å². The summed E-state index contributed by atoms with van der Waals surface area (Å²) in [6.45, 7) is 9.65. The molecule has 0 saturated carbocycles. The van der Waals surface area contributed by atoms with Crippen LogP contribution in [0.25, 0.3) is 0 Å². The molecule has 16 heavy (non-hydrogen) atoms. The van der Waals surface area contributed by atoms with Gasteiger partial charge in [-0.3, -0.25) is 0 Å². The van der Waals surface area contributed by atoms with Crippen molar-refractivity contribution >= 4 is 0 Å². The van der Waals surface area contributed by atoms with Crippen molar-refractivity contribution in [3.05, 3.63) is 28.8 Å². The molecule has 0 atom stereocenters. The van der Waals surface area contributed by atoms with Crippen molar-refractivity contribution in [3.63, 3.8) is 0 Å². The maximum absolute atomic E-state index is 5.52. The Balaban J connectivity index is 3.31. The number of ether oxygens (including phenoxy) is 1. The van der Waals surface area contributed by atoms with E-state index in [-0.39, 0.29) is 5.41 Å². The number of methoxy groups -OCH3 is 1. The summed E-state index contributed by atoms with van der Waals surface area (Å²) < 4.78 is 5.52. The van der Waals surface area contributed by atoms with Crippen LogP contribution in [0.4, 0.5) is 0 Å². The van der Waals surface area contributed by atoms with E-state index in [1.807, 2.05) is 7.05 Å². The van der Waals surface area contributed by atoms with Gasteiger partial charge in [-0.2, -0.15) is 0 Å². The van der Waals surface area contributed by atoms with Crippen LogP contribution in [0.3, 0.4) is 0 Å². The van der Waals surface area contributed by atoms with Crippen molar-refractivity contribution < 1.29 is 4.74 Å². The van der Waals surface area contributed by atoms with Crippen LogP contribution in [-0.2, 0) is 12.0 Å². The molecule has 0 radical (unpaired) electrons. The van der Waals surface area contributed by atoms with Crippen molar-refractivity contribution in [3.8, 4) is 5.75 Å². The lowest BCUT2D eigenvalue weighted by Gasteiger charge is -2.24. The number of rotatable bonds is 3. The molecule has 1 N–H and O–H groups in total. The van der Waals surface area contributed by atoms with Gasteiger partial charge in [0.1, 0.15) is 5.75 Å². The fraction of sp³-hybridized carbons (Fsp3) is 0.571. The van der Waals surface area contributed by atoms with Crippen LogP contribution in [0.1, 0.15) is 37.5 Å². The molecule has 90 valence electrons. The first-order valence-electron chi connectivity index (χ1n) is 5.72. The summed E-state index contributed by atoms with van der Waals surface area (Å²) in [5, 5.41) is 3.19. The van der Waals surface area contributed by atoms with Crippen molar-refractivity contribution in [2.45, 2.75) is 39.7 Å². The Kier molecular flexibility index (Phi) is 3.98. The zero-order valence-corrected chi connectivity index (χ0v) is 11.3. The Morgan fingerprint density at radius 1 is 1.25 bits per heavy atom. The topological polar surface area (TPSA) is 21.3 Å². The van der Waals surface area contributed by atoms with Gasteiger partial charge in [-0.05, 0) is 30.5 Å². The lowest BCUT2D eigenvalue weighted by molar-refractivity contribution is 0.394. The van der Waals surface area contributed by atoms with Crippen LogP contribution in [0.2, 0.25) is 0 Å². The van der Waals surface area contributed by atoms with Gasteiger partial charge in [0, 0.05) is 12.1 Å². The molecule has 0 aromatic heterocycles. The summed E-state index contributed by atoms with van der Waals surface area (Å²) in [6, 6.07) is 4.42. The van der Waals surface area contributed by atoms with E-state index >= 15 is 0 Å². The van der Waals surface area contributed by atoms with Gasteiger partial charge < -0.3 is 10.1 Å². The summed E-state index contributed by atoms with van der Waals surface area (Å²) in [6.07, 6.45) is 0. The zero-order chi connectivity index (χ0) is 12.3. The summed E-state index contributed by atoms with van der Waals surface area (Å²) in [5.41, 5.74) is 3.91. The number of hydrogen-bond donors (Lipinski definition) is 1. The monoisotopic (exact) mass is 221 g/mol. The van der Waals surface area contributed by atoms with Gasteiger partial charge in [-0.15, -0.1) is 0 Å². The quantitative estimate of drug-likeness (QED) is 0.847. The maximum atomic E-state index is 5.52. The lowest BCUT2D eigenvalue weighted by Crippen LogP contribution is -2.15. The second kappa shape index (κ2) is 4.88.